The third-order valence-electron chi connectivity index (χ3n) is 15.5. The number of ether oxygens (including phenoxy) is 1. The number of hydrogen-bond donors (Lipinski definition) is 3. The van der Waals surface area contributed by atoms with E-state index in [2.05, 4.69) is 43.5 Å². The summed E-state index contributed by atoms with van der Waals surface area (Å²) in [6, 6.07) is -0.549. The summed E-state index contributed by atoms with van der Waals surface area (Å²) in [6.07, 6.45) is 77.7. The van der Waals surface area contributed by atoms with E-state index in [9.17, 15) is 19.8 Å². The second-order valence-electron chi connectivity index (χ2n) is 22.8. The number of allylic oxidation sites excluding steroid dienone is 4. The predicted octanol–water partition coefficient (Wildman–Crippen LogP) is 21.0. The highest BCUT2D eigenvalue weighted by molar-refractivity contribution is 5.76. The van der Waals surface area contributed by atoms with Crippen molar-refractivity contribution < 1.29 is 24.5 Å². The van der Waals surface area contributed by atoms with E-state index in [1.807, 2.05) is 0 Å². The molecule has 432 valence electrons. The number of nitrogens with one attached hydrogen (secondary N) is 1. The van der Waals surface area contributed by atoms with Gasteiger partial charge in [0.2, 0.25) is 5.91 Å². The third-order valence-corrected chi connectivity index (χ3v) is 15.5. The van der Waals surface area contributed by atoms with E-state index in [0.717, 1.165) is 44.9 Å². The summed E-state index contributed by atoms with van der Waals surface area (Å²) < 4.78 is 5.50. The molecular formula is C67H129NO5. The van der Waals surface area contributed by atoms with Crippen molar-refractivity contribution in [3.8, 4) is 0 Å². The highest BCUT2D eigenvalue weighted by atomic mass is 16.5. The number of aliphatic hydroxyl groups is 2. The fourth-order valence-electron chi connectivity index (χ4n) is 10.4. The van der Waals surface area contributed by atoms with E-state index in [-0.39, 0.29) is 18.5 Å². The molecule has 3 N–H and O–H groups in total. The van der Waals surface area contributed by atoms with Gasteiger partial charge in [0, 0.05) is 12.8 Å². The zero-order valence-corrected chi connectivity index (χ0v) is 49.4. The lowest BCUT2D eigenvalue weighted by Crippen LogP contribution is -2.45. The summed E-state index contributed by atoms with van der Waals surface area (Å²) in [5.41, 5.74) is 0. The maximum atomic E-state index is 12.5. The van der Waals surface area contributed by atoms with Crippen LogP contribution in [0.15, 0.2) is 24.3 Å². The number of unbranched alkanes of at least 4 members (excludes halogenated alkanes) is 47. The van der Waals surface area contributed by atoms with E-state index >= 15 is 0 Å². The number of aliphatic hydroxyl groups excluding tert-OH is 2. The van der Waals surface area contributed by atoms with Crippen molar-refractivity contribution in [1.82, 2.24) is 5.32 Å². The highest BCUT2D eigenvalue weighted by Crippen LogP contribution is 2.18. The Balaban J connectivity index is 3.41. The van der Waals surface area contributed by atoms with Gasteiger partial charge in [-0.2, -0.15) is 0 Å². The molecule has 2 unspecified atom stereocenters. The van der Waals surface area contributed by atoms with Crippen LogP contribution in [0, 0.1) is 0 Å². The number of amides is 1. The average molecular weight is 1030 g/mol. The van der Waals surface area contributed by atoms with Gasteiger partial charge in [0.15, 0.2) is 0 Å². The molecule has 1 amide bonds. The fourth-order valence-corrected chi connectivity index (χ4v) is 10.4. The summed E-state index contributed by atoms with van der Waals surface area (Å²) in [5.74, 6) is -0.0312. The van der Waals surface area contributed by atoms with Crippen LogP contribution < -0.4 is 5.32 Å². The minimum absolute atomic E-state index is 0.0124. The molecule has 0 spiro atoms. The van der Waals surface area contributed by atoms with Gasteiger partial charge in [-0.1, -0.05) is 321 Å². The molecule has 0 bridgehead atoms. The van der Waals surface area contributed by atoms with Crippen molar-refractivity contribution in [3.63, 3.8) is 0 Å². The van der Waals surface area contributed by atoms with Crippen LogP contribution in [0.3, 0.4) is 0 Å². The average Bonchev–Trinajstić information content (AvgIpc) is 3.39. The van der Waals surface area contributed by atoms with E-state index in [4.69, 9.17) is 4.74 Å². The Kier molecular flexibility index (Phi) is 61.4. The van der Waals surface area contributed by atoms with Gasteiger partial charge in [-0.3, -0.25) is 9.59 Å². The van der Waals surface area contributed by atoms with Gasteiger partial charge in [-0.25, -0.2) is 0 Å². The number of hydrogen-bond acceptors (Lipinski definition) is 5. The van der Waals surface area contributed by atoms with Crippen LogP contribution in [-0.2, 0) is 14.3 Å². The van der Waals surface area contributed by atoms with Crippen molar-refractivity contribution >= 4 is 11.9 Å². The van der Waals surface area contributed by atoms with Gasteiger partial charge < -0.3 is 20.3 Å². The first-order chi connectivity index (χ1) is 36.0. The Labute approximate surface area is 456 Å². The van der Waals surface area contributed by atoms with Gasteiger partial charge >= 0.3 is 5.97 Å². The zero-order chi connectivity index (χ0) is 52.9. The molecule has 0 fully saturated rings. The Hall–Kier alpha value is -1.66. The first kappa shape index (κ1) is 71.3. The Morgan fingerprint density at radius 3 is 1.04 bits per heavy atom. The molecule has 0 aliphatic carbocycles. The maximum absolute atomic E-state index is 12.5. The number of rotatable bonds is 62. The molecule has 0 aromatic rings. The van der Waals surface area contributed by atoms with Gasteiger partial charge in [-0.15, -0.1) is 0 Å². The summed E-state index contributed by atoms with van der Waals surface area (Å²) in [5, 5.41) is 23.3. The van der Waals surface area contributed by atoms with Crippen molar-refractivity contribution in [2.24, 2.45) is 0 Å². The lowest BCUT2D eigenvalue weighted by molar-refractivity contribution is -0.143. The van der Waals surface area contributed by atoms with Crippen LogP contribution in [0.25, 0.3) is 0 Å². The molecule has 0 aromatic heterocycles. The van der Waals surface area contributed by atoms with E-state index < -0.39 is 12.1 Å². The smallest absolute Gasteiger partial charge is 0.305 e. The van der Waals surface area contributed by atoms with Crippen LogP contribution in [0.5, 0.6) is 0 Å². The maximum Gasteiger partial charge on any atom is 0.305 e. The van der Waals surface area contributed by atoms with Gasteiger partial charge in [0.25, 0.3) is 0 Å². The van der Waals surface area contributed by atoms with Crippen LogP contribution in [0.2, 0.25) is 0 Å². The van der Waals surface area contributed by atoms with Crippen LogP contribution in [-0.4, -0.2) is 47.4 Å². The van der Waals surface area contributed by atoms with E-state index in [1.54, 1.807) is 0 Å². The molecule has 0 heterocycles. The predicted molar refractivity (Wildman–Crippen MR) is 320 cm³/mol. The topological polar surface area (TPSA) is 95.9 Å². The number of carbonyl (C=O) groups excluding carboxylic acids is 2. The standard InChI is InChI=1S/C67H129NO5/c1-3-5-7-9-11-13-15-17-19-20-26-30-33-37-41-45-49-53-57-61-67(72)73-62-58-54-50-46-42-38-34-31-28-25-23-21-22-24-27-29-32-36-40-44-48-52-56-60-66(71)68-64(63-69)65(70)59-55-51-47-43-39-35-18-16-14-12-10-8-6-4-2/h21,23-24,27,64-65,69-70H,3-20,22,25-26,28-63H2,1-2H3,(H,68,71)/b23-21-,27-24-. The SMILES string of the molecule is CCCCCCCCCCCCCCCCCCCCCC(=O)OCCCCCCCCCCC/C=C\C/C=C\CCCCCCCCCC(=O)NC(CO)C(O)CCCCCCCCCCCCCCCC. The normalized spacial score (nSPS) is 12.7. The largest absolute Gasteiger partial charge is 0.466 e. The molecule has 2 atom stereocenters. The first-order valence-corrected chi connectivity index (χ1v) is 33.1. The van der Waals surface area contributed by atoms with Crippen molar-refractivity contribution in [1.29, 1.82) is 0 Å². The molecule has 0 radical (unpaired) electrons. The molecule has 6 heteroatoms. The van der Waals surface area contributed by atoms with Crippen molar-refractivity contribution in [2.45, 2.75) is 379 Å². The summed E-state index contributed by atoms with van der Waals surface area (Å²) in [7, 11) is 0. The lowest BCUT2D eigenvalue weighted by Gasteiger charge is -2.22. The first-order valence-electron chi connectivity index (χ1n) is 33.1. The molecular weight excluding hydrogens is 899 g/mol. The molecule has 0 aliphatic rings. The minimum atomic E-state index is -0.670. The molecule has 0 saturated carbocycles. The summed E-state index contributed by atoms with van der Waals surface area (Å²) in [6.45, 7) is 4.97. The van der Waals surface area contributed by atoms with E-state index in [1.165, 1.54) is 289 Å². The second-order valence-corrected chi connectivity index (χ2v) is 22.8. The van der Waals surface area contributed by atoms with Crippen molar-refractivity contribution in [3.05, 3.63) is 24.3 Å². The minimum Gasteiger partial charge on any atom is -0.466 e. The highest BCUT2D eigenvalue weighted by Gasteiger charge is 2.20. The lowest BCUT2D eigenvalue weighted by atomic mass is 10.0. The van der Waals surface area contributed by atoms with Crippen LogP contribution in [0.1, 0.15) is 367 Å². The third kappa shape index (κ3) is 59.4. The van der Waals surface area contributed by atoms with Gasteiger partial charge in [0.1, 0.15) is 0 Å². The van der Waals surface area contributed by atoms with Crippen LogP contribution >= 0.6 is 0 Å². The zero-order valence-electron chi connectivity index (χ0n) is 49.4. The van der Waals surface area contributed by atoms with Crippen molar-refractivity contribution in [2.75, 3.05) is 13.2 Å². The monoisotopic (exact) mass is 1030 g/mol. The Morgan fingerprint density at radius 2 is 0.685 bits per heavy atom. The molecule has 6 nitrogen and oxygen atoms in total. The number of carbonyl (C=O) groups is 2. The molecule has 0 aliphatic heterocycles. The number of esters is 1. The molecule has 0 saturated heterocycles. The van der Waals surface area contributed by atoms with Gasteiger partial charge in [-0.05, 0) is 57.8 Å². The van der Waals surface area contributed by atoms with Crippen LogP contribution in [0.4, 0.5) is 0 Å². The summed E-state index contributed by atoms with van der Waals surface area (Å²) >= 11 is 0. The Bertz CT molecular complexity index is 1140. The fraction of sp³-hybridized carbons (Fsp3) is 0.910. The molecule has 73 heavy (non-hydrogen) atoms. The Morgan fingerprint density at radius 1 is 0.384 bits per heavy atom. The molecule has 0 aromatic carbocycles. The summed E-state index contributed by atoms with van der Waals surface area (Å²) in [4.78, 5) is 24.6. The second kappa shape index (κ2) is 62.9. The van der Waals surface area contributed by atoms with Gasteiger partial charge in [0.05, 0.1) is 25.4 Å². The molecule has 0 rings (SSSR count). The quantitative estimate of drug-likeness (QED) is 0.0320. The van der Waals surface area contributed by atoms with E-state index in [0.29, 0.717) is 25.9 Å².